The Bertz CT molecular complexity index is 570. The number of halogens is 3. The van der Waals surface area contributed by atoms with Crippen LogP contribution in [0.1, 0.15) is 15.5 Å². The van der Waals surface area contributed by atoms with Gasteiger partial charge in [0.1, 0.15) is 6.54 Å². The van der Waals surface area contributed by atoms with Crippen molar-refractivity contribution in [2.45, 2.75) is 12.6 Å². The predicted octanol–water partition coefficient (Wildman–Crippen LogP) is 0.370. The van der Waals surface area contributed by atoms with Crippen molar-refractivity contribution in [2.75, 3.05) is 13.1 Å². The zero-order valence-corrected chi connectivity index (χ0v) is 11.4. The summed E-state index contributed by atoms with van der Waals surface area (Å²) in [5.41, 5.74) is -0.164. The minimum absolute atomic E-state index is 0.0743. The van der Waals surface area contributed by atoms with E-state index in [-0.39, 0.29) is 18.7 Å². The fourth-order valence-electron chi connectivity index (χ4n) is 1.04. The van der Waals surface area contributed by atoms with Gasteiger partial charge in [-0.15, -0.1) is 11.3 Å². The molecule has 114 valence electrons. The quantitative estimate of drug-likeness (QED) is 0.668. The van der Waals surface area contributed by atoms with Crippen molar-refractivity contribution >= 4 is 27.5 Å². The number of nitrogens with one attached hydrogen (secondary N) is 2. The lowest BCUT2D eigenvalue weighted by Gasteiger charge is -2.09. The molecule has 1 aromatic rings. The van der Waals surface area contributed by atoms with Gasteiger partial charge in [0.15, 0.2) is 5.69 Å². The molecule has 0 saturated carbocycles. The molecule has 0 saturated heterocycles. The fourth-order valence-corrected chi connectivity index (χ4v) is 2.64. The molecule has 1 heterocycles. The van der Waals surface area contributed by atoms with E-state index in [9.17, 15) is 26.4 Å². The third-order valence-corrected chi connectivity index (χ3v) is 3.88. The number of aromatic nitrogens is 1. The minimum atomic E-state index is -4.64. The van der Waals surface area contributed by atoms with Crippen LogP contribution in [-0.2, 0) is 16.6 Å². The molecule has 0 atom stereocenters. The van der Waals surface area contributed by atoms with E-state index in [0.717, 1.165) is 11.3 Å². The van der Waals surface area contributed by atoms with Crippen molar-refractivity contribution in [3.8, 4) is 0 Å². The van der Waals surface area contributed by atoms with Crippen molar-refractivity contribution in [1.29, 1.82) is 0 Å². The maximum absolute atomic E-state index is 11.8. The summed E-state index contributed by atoms with van der Waals surface area (Å²) in [7, 11) is -4.25. The van der Waals surface area contributed by atoms with Gasteiger partial charge in [-0.2, -0.15) is 26.3 Å². The molecule has 7 nitrogen and oxygen atoms in total. The van der Waals surface area contributed by atoms with Crippen LogP contribution in [0.25, 0.3) is 0 Å². The number of rotatable bonds is 7. The number of hydrogen-bond donors (Lipinski definition) is 3. The smallest absolute Gasteiger partial charge is 0.402 e. The number of nitrogens with zero attached hydrogens (tertiary/aromatic N) is 1. The number of alkyl halides is 3. The Labute approximate surface area is 116 Å². The molecule has 0 bridgehead atoms. The van der Waals surface area contributed by atoms with Gasteiger partial charge in [-0.3, -0.25) is 0 Å². The van der Waals surface area contributed by atoms with Crippen LogP contribution in [0.15, 0.2) is 5.38 Å². The van der Waals surface area contributed by atoms with Crippen LogP contribution < -0.4 is 9.44 Å². The van der Waals surface area contributed by atoms with Gasteiger partial charge in [-0.1, -0.05) is 0 Å². The lowest BCUT2D eigenvalue weighted by atomic mass is 10.4. The molecule has 12 heteroatoms. The topological polar surface area (TPSA) is 108 Å². The first-order valence-electron chi connectivity index (χ1n) is 5.08. The number of carbonyl (C=O) groups is 1. The number of carboxylic acid groups (broad SMARTS) is 1. The molecular weight excluding hydrogens is 323 g/mol. The molecule has 1 rings (SSSR count). The summed E-state index contributed by atoms with van der Waals surface area (Å²) in [5, 5.41) is 10.3. The second-order valence-corrected chi connectivity index (χ2v) is 6.04. The third-order valence-electron chi connectivity index (χ3n) is 1.86. The van der Waals surface area contributed by atoms with Crippen LogP contribution in [-0.4, -0.2) is 43.7 Å². The summed E-state index contributed by atoms with van der Waals surface area (Å²) in [6.45, 7) is -1.86. The molecule has 1 aromatic heterocycles. The Balaban J connectivity index is 2.41. The van der Waals surface area contributed by atoms with Gasteiger partial charge < -0.3 is 5.11 Å². The van der Waals surface area contributed by atoms with Crippen molar-refractivity contribution in [3.05, 3.63) is 16.1 Å². The van der Waals surface area contributed by atoms with E-state index in [4.69, 9.17) is 5.11 Å². The highest BCUT2D eigenvalue weighted by Crippen LogP contribution is 2.12. The lowest BCUT2D eigenvalue weighted by Crippen LogP contribution is -2.42. The monoisotopic (exact) mass is 333 g/mol. The second kappa shape index (κ2) is 6.47. The number of aromatic carboxylic acids is 1. The van der Waals surface area contributed by atoms with E-state index in [2.05, 4.69) is 4.98 Å². The molecule has 0 aliphatic carbocycles. The van der Waals surface area contributed by atoms with E-state index in [1.807, 2.05) is 4.72 Å². The van der Waals surface area contributed by atoms with Crippen LogP contribution in [0.4, 0.5) is 13.2 Å². The Hall–Kier alpha value is -1.24. The summed E-state index contributed by atoms with van der Waals surface area (Å²) < 4.78 is 61.0. The van der Waals surface area contributed by atoms with E-state index < -0.39 is 28.9 Å². The largest absolute Gasteiger partial charge is 0.476 e. The number of hydrogen-bond acceptors (Lipinski definition) is 5. The van der Waals surface area contributed by atoms with Gasteiger partial charge in [-0.05, 0) is 0 Å². The Morgan fingerprint density at radius 3 is 2.55 bits per heavy atom. The Morgan fingerprint density at radius 2 is 2.05 bits per heavy atom. The Kier molecular flexibility index (Phi) is 5.44. The summed E-state index contributed by atoms with van der Waals surface area (Å²) in [6.07, 6.45) is -4.56. The van der Waals surface area contributed by atoms with Gasteiger partial charge in [0.25, 0.3) is 10.2 Å². The van der Waals surface area contributed by atoms with Crippen molar-refractivity contribution in [1.82, 2.24) is 14.4 Å². The lowest BCUT2D eigenvalue weighted by molar-refractivity contribution is -0.121. The van der Waals surface area contributed by atoms with E-state index in [1.165, 1.54) is 10.1 Å². The standard InChI is InChI=1S/C8H10F3N3O4S2/c9-8(10,11)4-13-20(17,18)12-2-1-6-14-5(3-19-6)7(15)16/h3,12-13H,1-2,4H2,(H,15,16). The van der Waals surface area contributed by atoms with E-state index >= 15 is 0 Å². The highest BCUT2D eigenvalue weighted by molar-refractivity contribution is 7.87. The highest BCUT2D eigenvalue weighted by Gasteiger charge is 2.29. The second-order valence-electron chi connectivity index (χ2n) is 3.52. The molecule has 0 amide bonds. The molecule has 0 aliphatic rings. The zero-order chi connectivity index (χ0) is 15.4. The van der Waals surface area contributed by atoms with Gasteiger partial charge in [0.2, 0.25) is 0 Å². The number of thiazole rings is 1. The molecule has 3 N–H and O–H groups in total. The average Bonchev–Trinajstić information content (AvgIpc) is 2.74. The maximum Gasteiger partial charge on any atom is 0.402 e. The van der Waals surface area contributed by atoms with Crippen molar-refractivity contribution in [2.24, 2.45) is 0 Å². The van der Waals surface area contributed by atoms with E-state index in [0.29, 0.717) is 5.01 Å². The SMILES string of the molecule is O=C(O)c1csc(CCNS(=O)(=O)NCC(F)(F)F)n1. The molecule has 0 aromatic carbocycles. The van der Waals surface area contributed by atoms with Gasteiger partial charge in [0.05, 0.1) is 5.01 Å². The zero-order valence-electron chi connectivity index (χ0n) is 9.77. The molecule has 0 radical (unpaired) electrons. The average molecular weight is 333 g/mol. The van der Waals surface area contributed by atoms with Crippen LogP contribution in [0.2, 0.25) is 0 Å². The first kappa shape index (κ1) is 16.8. The maximum atomic E-state index is 11.8. The molecular formula is C8H10F3N3O4S2. The molecule has 20 heavy (non-hydrogen) atoms. The number of carboxylic acids is 1. The van der Waals surface area contributed by atoms with Gasteiger partial charge in [0, 0.05) is 18.3 Å². The fraction of sp³-hybridized carbons (Fsp3) is 0.500. The first-order valence-corrected chi connectivity index (χ1v) is 7.44. The third kappa shape index (κ3) is 6.27. The van der Waals surface area contributed by atoms with Crippen LogP contribution >= 0.6 is 11.3 Å². The summed E-state index contributed by atoms with van der Waals surface area (Å²) in [5.74, 6) is -1.21. The molecule has 0 fully saturated rings. The van der Waals surface area contributed by atoms with Crippen LogP contribution in [0.5, 0.6) is 0 Å². The van der Waals surface area contributed by atoms with Crippen molar-refractivity contribution < 1.29 is 31.5 Å². The minimum Gasteiger partial charge on any atom is -0.476 e. The Morgan fingerprint density at radius 1 is 1.40 bits per heavy atom. The summed E-state index contributed by atoms with van der Waals surface area (Å²) in [4.78, 5) is 14.2. The van der Waals surface area contributed by atoms with Crippen LogP contribution in [0, 0.1) is 0 Å². The summed E-state index contributed by atoms with van der Waals surface area (Å²) >= 11 is 1.02. The van der Waals surface area contributed by atoms with E-state index in [1.54, 1.807) is 0 Å². The van der Waals surface area contributed by atoms with Gasteiger partial charge in [-0.25, -0.2) is 14.5 Å². The van der Waals surface area contributed by atoms with Crippen molar-refractivity contribution in [3.63, 3.8) is 0 Å². The molecule has 0 unspecified atom stereocenters. The first-order chi connectivity index (χ1) is 9.09. The normalized spacial score (nSPS) is 12.6. The molecule has 0 aliphatic heterocycles. The highest BCUT2D eigenvalue weighted by atomic mass is 32.2. The predicted molar refractivity (Wildman–Crippen MR) is 63.8 cm³/mol. The summed E-state index contributed by atoms with van der Waals surface area (Å²) in [6, 6.07) is 0. The molecule has 0 spiro atoms. The van der Waals surface area contributed by atoms with Gasteiger partial charge >= 0.3 is 12.1 Å². The van der Waals surface area contributed by atoms with Crippen LogP contribution in [0.3, 0.4) is 0 Å².